The Balaban J connectivity index is 2.19. The number of nitrogens with two attached hydrogens (primary N) is 1. The van der Waals surface area contributed by atoms with Gasteiger partial charge in [0.1, 0.15) is 5.75 Å². The van der Waals surface area contributed by atoms with E-state index in [0.717, 1.165) is 23.7 Å². The molecule has 1 heterocycles. The molecule has 0 bridgehead atoms. The average molecular weight is 244 g/mol. The molecule has 96 valence electrons. The maximum absolute atomic E-state index is 9.70. The van der Waals surface area contributed by atoms with Crippen LogP contribution in [-0.2, 0) is 12.6 Å². The van der Waals surface area contributed by atoms with Crippen molar-refractivity contribution in [1.29, 1.82) is 0 Å². The molecule has 0 aliphatic heterocycles. The molecule has 1 saturated carbocycles. The minimum absolute atomic E-state index is 0.217. The van der Waals surface area contributed by atoms with Crippen molar-refractivity contribution in [2.24, 2.45) is 12.8 Å². The lowest BCUT2D eigenvalue weighted by atomic mass is 9.77. The minimum atomic E-state index is -0.217. The number of aromatic hydroxyl groups is 1. The first kappa shape index (κ1) is 11.6. The van der Waals surface area contributed by atoms with Crippen molar-refractivity contribution >= 4 is 10.9 Å². The van der Waals surface area contributed by atoms with Crippen molar-refractivity contribution in [3.8, 4) is 5.75 Å². The first-order valence-corrected chi connectivity index (χ1v) is 6.68. The van der Waals surface area contributed by atoms with Crippen LogP contribution >= 0.6 is 0 Å². The molecule has 0 amide bonds. The van der Waals surface area contributed by atoms with Crippen molar-refractivity contribution in [3.05, 3.63) is 30.0 Å². The highest BCUT2D eigenvalue weighted by Crippen LogP contribution is 2.39. The summed E-state index contributed by atoms with van der Waals surface area (Å²) in [6.45, 7) is 0. The summed E-state index contributed by atoms with van der Waals surface area (Å²) in [6.07, 6.45) is 7.91. The molecule has 2 aromatic rings. The predicted octanol–water partition coefficient (Wildman–Crippen LogP) is 3.00. The predicted molar refractivity (Wildman–Crippen MR) is 73.5 cm³/mol. The molecular formula is C15H20N2O. The zero-order valence-electron chi connectivity index (χ0n) is 10.8. The highest BCUT2D eigenvalue weighted by Gasteiger charge is 2.32. The lowest BCUT2D eigenvalue weighted by molar-refractivity contribution is 0.304. The number of hydrogen-bond donors (Lipinski definition) is 2. The number of benzene rings is 1. The fourth-order valence-electron chi connectivity index (χ4n) is 3.23. The molecule has 1 aliphatic rings. The third-order valence-electron chi connectivity index (χ3n) is 4.26. The van der Waals surface area contributed by atoms with Gasteiger partial charge in [-0.1, -0.05) is 19.3 Å². The lowest BCUT2D eigenvalue weighted by Crippen LogP contribution is -2.38. The third-order valence-corrected chi connectivity index (χ3v) is 4.26. The van der Waals surface area contributed by atoms with Gasteiger partial charge < -0.3 is 15.4 Å². The van der Waals surface area contributed by atoms with Gasteiger partial charge in [0.15, 0.2) is 0 Å². The van der Waals surface area contributed by atoms with Crippen LogP contribution in [0.5, 0.6) is 5.75 Å². The Morgan fingerprint density at radius 2 is 1.94 bits per heavy atom. The van der Waals surface area contributed by atoms with E-state index in [1.807, 2.05) is 19.2 Å². The molecule has 1 aliphatic carbocycles. The maximum Gasteiger partial charge on any atom is 0.116 e. The molecule has 0 unspecified atom stereocenters. The van der Waals surface area contributed by atoms with Crippen molar-refractivity contribution < 1.29 is 5.11 Å². The largest absolute Gasteiger partial charge is 0.508 e. The Morgan fingerprint density at radius 3 is 2.67 bits per heavy atom. The fraction of sp³-hybridized carbons (Fsp3) is 0.467. The molecular weight excluding hydrogens is 224 g/mol. The second kappa shape index (κ2) is 4.02. The standard InChI is InChI=1S/C15H20N2O/c1-17-10-13(15(16)7-3-2-4-8-15)12-9-11(18)5-6-14(12)17/h5-6,9-10,18H,2-4,7-8,16H2,1H3. The summed E-state index contributed by atoms with van der Waals surface area (Å²) < 4.78 is 2.10. The van der Waals surface area contributed by atoms with Crippen molar-refractivity contribution in [3.63, 3.8) is 0 Å². The van der Waals surface area contributed by atoms with Crippen LogP contribution in [0.15, 0.2) is 24.4 Å². The van der Waals surface area contributed by atoms with Gasteiger partial charge in [0.05, 0.1) is 0 Å². The molecule has 3 nitrogen and oxygen atoms in total. The van der Waals surface area contributed by atoms with E-state index in [1.54, 1.807) is 6.07 Å². The third kappa shape index (κ3) is 1.70. The second-order valence-electron chi connectivity index (χ2n) is 5.57. The average Bonchev–Trinajstić information content (AvgIpc) is 2.68. The quantitative estimate of drug-likeness (QED) is 0.810. The molecule has 18 heavy (non-hydrogen) atoms. The molecule has 0 atom stereocenters. The molecule has 0 spiro atoms. The van der Waals surface area contributed by atoms with Gasteiger partial charge in [0.25, 0.3) is 0 Å². The van der Waals surface area contributed by atoms with E-state index < -0.39 is 0 Å². The van der Waals surface area contributed by atoms with Gasteiger partial charge in [-0.05, 0) is 36.6 Å². The second-order valence-corrected chi connectivity index (χ2v) is 5.57. The van der Waals surface area contributed by atoms with E-state index in [-0.39, 0.29) is 5.54 Å². The zero-order valence-corrected chi connectivity index (χ0v) is 10.8. The van der Waals surface area contributed by atoms with Crippen molar-refractivity contribution in [1.82, 2.24) is 4.57 Å². The van der Waals surface area contributed by atoms with Gasteiger partial charge in [-0.3, -0.25) is 0 Å². The monoisotopic (exact) mass is 244 g/mol. The smallest absolute Gasteiger partial charge is 0.116 e. The Hall–Kier alpha value is -1.48. The van der Waals surface area contributed by atoms with Crippen molar-refractivity contribution in [2.45, 2.75) is 37.6 Å². The van der Waals surface area contributed by atoms with E-state index in [4.69, 9.17) is 5.73 Å². The number of aromatic nitrogens is 1. The van der Waals surface area contributed by atoms with Crippen LogP contribution in [0.2, 0.25) is 0 Å². The van der Waals surface area contributed by atoms with Crippen LogP contribution in [-0.4, -0.2) is 9.67 Å². The van der Waals surface area contributed by atoms with Crippen LogP contribution in [0.3, 0.4) is 0 Å². The topological polar surface area (TPSA) is 51.2 Å². The highest BCUT2D eigenvalue weighted by atomic mass is 16.3. The van der Waals surface area contributed by atoms with Gasteiger partial charge in [-0.25, -0.2) is 0 Å². The van der Waals surface area contributed by atoms with Crippen LogP contribution in [0, 0.1) is 0 Å². The van der Waals surface area contributed by atoms with Gasteiger partial charge in [0, 0.05) is 29.7 Å². The summed E-state index contributed by atoms with van der Waals surface area (Å²) in [5.41, 5.74) is 8.73. The van der Waals surface area contributed by atoms with E-state index in [0.29, 0.717) is 5.75 Å². The Morgan fingerprint density at radius 1 is 1.22 bits per heavy atom. The number of aryl methyl sites for hydroxylation is 1. The molecule has 1 fully saturated rings. The van der Waals surface area contributed by atoms with Gasteiger partial charge >= 0.3 is 0 Å². The number of rotatable bonds is 1. The van der Waals surface area contributed by atoms with E-state index in [2.05, 4.69) is 10.8 Å². The van der Waals surface area contributed by atoms with Crippen LogP contribution in [0.25, 0.3) is 10.9 Å². The molecule has 3 heteroatoms. The summed E-state index contributed by atoms with van der Waals surface area (Å²) in [7, 11) is 2.04. The molecule has 1 aromatic heterocycles. The summed E-state index contributed by atoms with van der Waals surface area (Å²) in [5, 5.41) is 10.8. The first-order chi connectivity index (χ1) is 8.60. The molecule has 3 N–H and O–H groups in total. The number of phenols is 1. The lowest BCUT2D eigenvalue weighted by Gasteiger charge is -2.33. The SMILES string of the molecule is Cn1cc(C2(N)CCCCC2)c2cc(O)ccc21. The molecule has 1 aromatic carbocycles. The van der Waals surface area contributed by atoms with E-state index in [1.165, 1.54) is 24.8 Å². The highest BCUT2D eigenvalue weighted by molar-refractivity contribution is 5.86. The molecule has 0 saturated heterocycles. The Kier molecular flexibility index (Phi) is 2.59. The summed E-state index contributed by atoms with van der Waals surface area (Å²) in [5.74, 6) is 0.314. The summed E-state index contributed by atoms with van der Waals surface area (Å²) in [4.78, 5) is 0. The number of phenolic OH excluding ortho intramolecular Hbond substituents is 1. The Labute approximate surface area is 107 Å². The fourth-order valence-corrected chi connectivity index (χ4v) is 3.23. The maximum atomic E-state index is 9.70. The summed E-state index contributed by atoms with van der Waals surface area (Å²) in [6, 6.07) is 5.53. The van der Waals surface area contributed by atoms with Gasteiger partial charge in [0.2, 0.25) is 0 Å². The van der Waals surface area contributed by atoms with E-state index in [9.17, 15) is 5.11 Å². The van der Waals surface area contributed by atoms with Crippen LogP contribution < -0.4 is 5.73 Å². The number of fused-ring (bicyclic) bond motifs is 1. The van der Waals surface area contributed by atoms with Gasteiger partial charge in [-0.2, -0.15) is 0 Å². The number of nitrogens with zero attached hydrogens (tertiary/aromatic N) is 1. The summed E-state index contributed by atoms with van der Waals surface area (Å²) >= 11 is 0. The first-order valence-electron chi connectivity index (χ1n) is 6.68. The van der Waals surface area contributed by atoms with Crippen LogP contribution in [0.4, 0.5) is 0 Å². The Bertz CT molecular complexity index is 579. The minimum Gasteiger partial charge on any atom is -0.508 e. The van der Waals surface area contributed by atoms with E-state index >= 15 is 0 Å². The molecule has 3 rings (SSSR count). The number of hydrogen-bond acceptors (Lipinski definition) is 2. The molecule has 0 radical (unpaired) electrons. The normalized spacial score (nSPS) is 19.2. The zero-order chi connectivity index (χ0) is 12.8. The van der Waals surface area contributed by atoms with Gasteiger partial charge in [-0.15, -0.1) is 0 Å². The van der Waals surface area contributed by atoms with Crippen molar-refractivity contribution in [2.75, 3.05) is 0 Å². The van der Waals surface area contributed by atoms with Crippen LogP contribution in [0.1, 0.15) is 37.7 Å².